The molecule has 2 fully saturated rings. The average Bonchev–Trinajstić information content (AvgIpc) is 2.84. The van der Waals surface area contributed by atoms with E-state index in [1.807, 2.05) is 41.3 Å². The topological polar surface area (TPSA) is 71.3 Å². The first kappa shape index (κ1) is 23.2. The number of piperazine rings is 1. The number of amides is 1. The fraction of sp³-hybridized carbons (Fsp3) is 0.500. The van der Waals surface area contributed by atoms with Gasteiger partial charge in [0, 0.05) is 57.6 Å². The van der Waals surface area contributed by atoms with Crippen LogP contribution in [0.2, 0.25) is 0 Å². The van der Waals surface area contributed by atoms with Gasteiger partial charge in [0.25, 0.3) is 0 Å². The van der Waals surface area contributed by atoms with Crippen LogP contribution in [0.15, 0.2) is 42.5 Å². The number of carbonyl (C=O) groups is 1. The zero-order chi connectivity index (χ0) is 23.2. The Balaban J connectivity index is 1.19. The molecule has 33 heavy (non-hydrogen) atoms. The van der Waals surface area contributed by atoms with Gasteiger partial charge in [-0.2, -0.15) is 0 Å². The molecule has 4 rings (SSSR count). The number of methoxy groups -OCH3 is 1. The van der Waals surface area contributed by atoms with E-state index >= 15 is 0 Å². The van der Waals surface area contributed by atoms with Gasteiger partial charge in [0.05, 0.1) is 12.8 Å². The Morgan fingerprint density at radius 3 is 2.39 bits per heavy atom. The largest absolute Gasteiger partial charge is 0.495 e. The maximum atomic E-state index is 12.4. The number of benzene rings is 2. The lowest BCUT2D eigenvalue weighted by atomic mass is 9.95. The third-order valence-electron chi connectivity index (χ3n) is 6.86. The Hall–Kier alpha value is -2.93. The van der Waals surface area contributed by atoms with Gasteiger partial charge >= 0.3 is 6.09 Å². The third-order valence-corrected chi connectivity index (χ3v) is 6.86. The molecule has 0 aromatic heterocycles. The van der Waals surface area contributed by atoms with Gasteiger partial charge < -0.3 is 25.0 Å². The molecule has 1 amide bonds. The number of anilines is 2. The Morgan fingerprint density at radius 1 is 1.03 bits per heavy atom. The average molecular weight is 453 g/mol. The van der Waals surface area contributed by atoms with Crippen LogP contribution in [0.1, 0.15) is 24.0 Å². The van der Waals surface area contributed by atoms with Crippen molar-refractivity contribution in [1.82, 2.24) is 9.80 Å². The summed E-state index contributed by atoms with van der Waals surface area (Å²) in [6, 6.07) is 13.9. The normalized spacial score (nSPS) is 17.8. The van der Waals surface area contributed by atoms with Gasteiger partial charge in [-0.1, -0.05) is 30.3 Å². The second kappa shape index (κ2) is 10.8. The first-order valence-electron chi connectivity index (χ1n) is 11.9. The molecule has 0 aliphatic carbocycles. The Kier molecular flexibility index (Phi) is 7.60. The van der Waals surface area contributed by atoms with Crippen LogP contribution in [0.5, 0.6) is 5.75 Å². The summed E-state index contributed by atoms with van der Waals surface area (Å²) < 4.78 is 10.9. The van der Waals surface area contributed by atoms with E-state index in [9.17, 15) is 4.79 Å². The zero-order valence-corrected chi connectivity index (χ0v) is 19.8. The molecule has 0 unspecified atom stereocenters. The van der Waals surface area contributed by atoms with Gasteiger partial charge in [-0.15, -0.1) is 0 Å². The van der Waals surface area contributed by atoms with Crippen LogP contribution in [0.25, 0.3) is 0 Å². The number of rotatable bonds is 6. The number of hydrogen-bond acceptors (Lipinski definition) is 6. The molecule has 2 aliphatic rings. The van der Waals surface area contributed by atoms with E-state index in [2.05, 4.69) is 22.8 Å². The molecule has 2 heterocycles. The molecule has 2 saturated heterocycles. The summed E-state index contributed by atoms with van der Waals surface area (Å²) in [5.41, 5.74) is 10.2. The minimum absolute atomic E-state index is 0.207. The molecular formula is C26H36N4O3. The van der Waals surface area contributed by atoms with Crippen LogP contribution >= 0.6 is 0 Å². The van der Waals surface area contributed by atoms with E-state index in [-0.39, 0.29) is 6.09 Å². The quantitative estimate of drug-likeness (QED) is 0.673. The SMILES string of the molecule is COc1cc(N2CCC(CN3CCN(C(=O)OCc4ccccc4)CC3)CC2)c(C)cc1N. The summed E-state index contributed by atoms with van der Waals surface area (Å²) >= 11 is 0. The zero-order valence-electron chi connectivity index (χ0n) is 19.8. The van der Waals surface area contributed by atoms with Gasteiger partial charge in [-0.3, -0.25) is 4.90 Å². The number of ether oxygens (including phenoxy) is 2. The molecule has 0 atom stereocenters. The van der Waals surface area contributed by atoms with Crippen LogP contribution in [0.3, 0.4) is 0 Å². The molecule has 0 radical (unpaired) electrons. The molecule has 178 valence electrons. The third kappa shape index (κ3) is 5.90. The van der Waals surface area contributed by atoms with Crippen molar-refractivity contribution in [2.75, 3.05) is 63.6 Å². The Labute approximate surface area is 197 Å². The number of hydrogen-bond donors (Lipinski definition) is 1. The predicted octanol–water partition coefficient (Wildman–Crippen LogP) is 3.76. The van der Waals surface area contributed by atoms with Crippen molar-refractivity contribution in [2.45, 2.75) is 26.4 Å². The molecule has 2 aromatic rings. The molecule has 2 N–H and O–H groups in total. The predicted molar refractivity (Wildman–Crippen MR) is 132 cm³/mol. The van der Waals surface area contributed by atoms with Gasteiger partial charge in [0.15, 0.2) is 0 Å². The molecule has 2 aliphatic heterocycles. The fourth-order valence-electron chi connectivity index (χ4n) is 4.86. The second-order valence-corrected chi connectivity index (χ2v) is 9.14. The van der Waals surface area contributed by atoms with Gasteiger partial charge in [-0.05, 0) is 42.9 Å². The van der Waals surface area contributed by atoms with Crippen LogP contribution < -0.4 is 15.4 Å². The van der Waals surface area contributed by atoms with Crippen LogP contribution in [0, 0.1) is 12.8 Å². The maximum absolute atomic E-state index is 12.4. The fourth-order valence-corrected chi connectivity index (χ4v) is 4.86. The lowest BCUT2D eigenvalue weighted by Crippen LogP contribution is -2.50. The van der Waals surface area contributed by atoms with Crippen molar-refractivity contribution >= 4 is 17.5 Å². The van der Waals surface area contributed by atoms with Crippen LogP contribution in [-0.4, -0.2) is 68.8 Å². The second-order valence-electron chi connectivity index (χ2n) is 9.14. The number of carbonyl (C=O) groups excluding carboxylic acids is 1. The van der Waals surface area contributed by atoms with Crippen LogP contribution in [-0.2, 0) is 11.3 Å². The summed E-state index contributed by atoms with van der Waals surface area (Å²) in [5.74, 6) is 1.44. The summed E-state index contributed by atoms with van der Waals surface area (Å²) in [7, 11) is 1.67. The summed E-state index contributed by atoms with van der Waals surface area (Å²) in [4.78, 5) is 19.2. The lowest BCUT2D eigenvalue weighted by Gasteiger charge is -2.39. The smallest absolute Gasteiger partial charge is 0.410 e. The van der Waals surface area contributed by atoms with E-state index in [4.69, 9.17) is 15.2 Å². The number of nitrogen functional groups attached to an aromatic ring is 1. The first-order valence-corrected chi connectivity index (χ1v) is 11.9. The lowest BCUT2D eigenvalue weighted by molar-refractivity contribution is 0.0666. The molecule has 0 spiro atoms. The highest BCUT2D eigenvalue weighted by molar-refractivity contribution is 5.68. The molecule has 7 nitrogen and oxygen atoms in total. The summed E-state index contributed by atoms with van der Waals surface area (Å²) in [6.07, 6.45) is 2.14. The summed E-state index contributed by atoms with van der Waals surface area (Å²) in [6.45, 7) is 8.93. The molecule has 0 bridgehead atoms. The van der Waals surface area contributed by atoms with Crippen molar-refractivity contribution in [1.29, 1.82) is 0 Å². The van der Waals surface area contributed by atoms with E-state index in [0.29, 0.717) is 18.2 Å². The minimum Gasteiger partial charge on any atom is -0.495 e. The molecule has 7 heteroatoms. The van der Waals surface area contributed by atoms with E-state index in [1.54, 1.807) is 7.11 Å². The first-order chi connectivity index (χ1) is 16.0. The van der Waals surface area contributed by atoms with E-state index in [0.717, 1.165) is 57.1 Å². The van der Waals surface area contributed by atoms with Crippen molar-refractivity contribution in [3.05, 3.63) is 53.6 Å². The number of nitrogens with two attached hydrogens (primary N) is 1. The van der Waals surface area contributed by atoms with Crippen LogP contribution in [0.4, 0.5) is 16.2 Å². The van der Waals surface area contributed by atoms with E-state index < -0.39 is 0 Å². The van der Waals surface area contributed by atoms with Gasteiger partial charge in [0.2, 0.25) is 0 Å². The number of aryl methyl sites for hydroxylation is 1. The Morgan fingerprint density at radius 2 is 1.73 bits per heavy atom. The molecule has 0 saturated carbocycles. The standard InChI is InChI=1S/C26H36N4O3/c1-20-16-23(27)25(32-2)17-24(20)29-10-8-21(9-11-29)18-28-12-14-30(15-13-28)26(31)33-19-22-6-4-3-5-7-22/h3-7,16-17,21H,8-15,18-19,27H2,1-2H3. The van der Waals surface area contributed by atoms with Gasteiger partial charge in [0.1, 0.15) is 12.4 Å². The number of piperidine rings is 1. The highest BCUT2D eigenvalue weighted by Gasteiger charge is 2.26. The maximum Gasteiger partial charge on any atom is 0.410 e. The van der Waals surface area contributed by atoms with Gasteiger partial charge in [-0.25, -0.2) is 4.79 Å². The monoisotopic (exact) mass is 452 g/mol. The summed E-state index contributed by atoms with van der Waals surface area (Å²) in [5, 5.41) is 0. The van der Waals surface area contributed by atoms with Crippen molar-refractivity contribution in [3.63, 3.8) is 0 Å². The minimum atomic E-state index is -0.207. The van der Waals surface area contributed by atoms with E-state index in [1.165, 1.54) is 24.1 Å². The molecule has 2 aromatic carbocycles. The highest BCUT2D eigenvalue weighted by atomic mass is 16.6. The Bertz CT molecular complexity index is 921. The molecular weight excluding hydrogens is 416 g/mol. The highest BCUT2D eigenvalue weighted by Crippen LogP contribution is 2.33. The van der Waals surface area contributed by atoms with Crippen molar-refractivity contribution < 1.29 is 14.3 Å². The van der Waals surface area contributed by atoms with Crippen molar-refractivity contribution in [2.24, 2.45) is 5.92 Å². The van der Waals surface area contributed by atoms with Crippen molar-refractivity contribution in [3.8, 4) is 5.75 Å². The number of nitrogens with zero attached hydrogens (tertiary/aromatic N) is 3.